The Balaban J connectivity index is 1.33. The van der Waals surface area contributed by atoms with E-state index >= 15 is 0 Å². The Bertz CT molecular complexity index is 846. The summed E-state index contributed by atoms with van der Waals surface area (Å²) in [6.45, 7) is -0.332. The maximum Gasteiger partial charge on any atom is 0.244 e. The Morgan fingerprint density at radius 3 is 2.35 bits per heavy atom. The average Bonchev–Trinajstić information content (AvgIpc) is 3.39. The van der Waals surface area contributed by atoms with E-state index in [2.05, 4.69) is 17.5 Å². The standard InChI is InChI=1S/C19H17ClN2O4/c20-8-1-4-13(14(23)5-8)21-15(24)7-22-18(25)16-9-2-3-10(12-6-11(9)12)17(16)19(22)26/h1-5,9-12,16-17,23H,6-7H2,(H,21,24)/t9-,10-,11-,12-,16+,17+/m1/s1. The number of allylic oxidation sites excluding steroid dienone is 2. The van der Waals surface area contributed by atoms with Crippen molar-refractivity contribution < 1.29 is 19.5 Å². The molecule has 6 rings (SSSR count). The molecule has 1 aromatic carbocycles. The summed E-state index contributed by atoms with van der Waals surface area (Å²) in [7, 11) is 0. The first-order valence-electron chi connectivity index (χ1n) is 8.77. The number of anilines is 1. The fourth-order valence-corrected chi connectivity index (χ4v) is 5.28. The maximum absolute atomic E-state index is 12.8. The third-order valence-corrected chi connectivity index (χ3v) is 6.52. The van der Waals surface area contributed by atoms with E-state index in [1.165, 1.54) is 18.2 Å². The highest BCUT2D eigenvalue weighted by atomic mass is 35.5. The molecule has 0 spiro atoms. The number of phenolic OH excluding ortho intramolecular Hbond substituents is 1. The molecule has 2 saturated carbocycles. The van der Waals surface area contributed by atoms with Crippen LogP contribution in [0.15, 0.2) is 30.4 Å². The van der Waals surface area contributed by atoms with Crippen LogP contribution in [-0.4, -0.2) is 34.3 Å². The number of nitrogens with zero attached hydrogens (tertiary/aromatic N) is 1. The maximum atomic E-state index is 12.8. The number of carbonyl (C=O) groups is 3. The molecule has 1 saturated heterocycles. The van der Waals surface area contributed by atoms with Crippen LogP contribution < -0.4 is 5.32 Å². The van der Waals surface area contributed by atoms with Gasteiger partial charge in [-0.3, -0.25) is 19.3 Å². The second-order valence-corrected chi connectivity index (χ2v) is 8.06. The zero-order valence-corrected chi connectivity index (χ0v) is 14.5. The van der Waals surface area contributed by atoms with E-state index < -0.39 is 5.91 Å². The van der Waals surface area contributed by atoms with Crippen molar-refractivity contribution in [3.8, 4) is 5.75 Å². The highest BCUT2D eigenvalue weighted by Crippen LogP contribution is 2.65. The quantitative estimate of drug-likeness (QED) is 0.483. The molecule has 4 aliphatic carbocycles. The molecule has 1 heterocycles. The number of likely N-dealkylation sites (tertiary alicyclic amines) is 1. The second kappa shape index (κ2) is 5.33. The van der Waals surface area contributed by atoms with Crippen LogP contribution in [0.25, 0.3) is 0 Å². The van der Waals surface area contributed by atoms with Gasteiger partial charge < -0.3 is 10.4 Å². The van der Waals surface area contributed by atoms with Crippen molar-refractivity contribution in [2.75, 3.05) is 11.9 Å². The molecule has 6 nitrogen and oxygen atoms in total. The first-order valence-corrected chi connectivity index (χ1v) is 9.15. The lowest BCUT2D eigenvalue weighted by Crippen LogP contribution is -2.40. The summed E-state index contributed by atoms with van der Waals surface area (Å²) in [4.78, 5) is 39.1. The van der Waals surface area contributed by atoms with E-state index in [9.17, 15) is 19.5 Å². The molecule has 26 heavy (non-hydrogen) atoms. The monoisotopic (exact) mass is 372 g/mol. The molecule has 0 unspecified atom stereocenters. The van der Waals surface area contributed by atoms with Crippen LogP contribution in [0, 0.1) is 35.5 Å². The number of hydrogen-bond acceptors (Lipinski definition) is 4. The molecule has 0 aromatic heterocycles. The summed E-state index contributed by atoms with van der Waals surface area (Å²) in [6.07, 6.45) is 5.30. The Kier molecular flexibility index (Phi) is 3.26. The van der Waals surface area contributed by atoms with Crippen molar-refractivity contribution >= 4 is 35.0 Å². The number of hydrogen-bond donors (Lipinski definition) is 2. The predicted octanol–water partition coefficient (Wildman–Crippen LogP) is 2.04. The molecule has 5 aliphatic rings. The third-order valence-electron chi connectivity index (χ3n) is 6.29. The number of halogens is 1. The lowest BCUT2D eigenvalue weighted by molar-refractivity contribution is -0.142. The van der Waals surface area contributed by atoms with Crippen molar-refractivity contribution in [1.82, 2.24) is 4.90 Å². The molecule has 2 N–H and O–H groups in total. The largest absolute Gasteiger partial charge is 0.506 e. The zero-order chi connectivity index (χ0) is 18.2. The SMILES string of the molecule is O=C(CN1C(=O)[C@H]2[C@@H]3C=C[C@H]([C@H]4C[C@H]34)[C@@H]2C1=O)Nc1ccc(Cl)cc1O. The van der Waals surface area contributed by atoms with E-state index in [1.807, 2.05) is 0 Å². The van der Waals surface area contributed by atoms with Crippen LogP contribution in [-0.2, 0) is 14.4 Å². The fraction of sp³-hybridized carbons (Fsp3) is 0.421. The summed E-state index contributed by atoms with van der Waals surface area (Å²) >= 11 is 5.77. The molecule has 1 aromatic rings. The minimum atomic E-state index is -0.520. The number of phenols is 1. The normalized spacial score (nSPS) is 36.1. The first kappa shape index (κ1) is 15.9. The fourth-order valence-electron chi connectivity index (χ4n) is 5.12. The lowest BCUT2D eigenvalue weighted by Gasteiger charge is -2.37. The molecular weight excluding hydrogens is 356 g/mol. The number of benzene rings is 1. The van der Waals surface area contributed by atoms with Gasteiger partial charge in [0.05, 0.1) is 17.5 Å². The predicted molar refractivity (Wildman–Crippen MR) is 93.2 cm³/mol. The van der Waals surface area contributed by atoms with Crippen molar-refractivity contribution in [1.29, 1.82) is 0 Å². The van der Waals surface area contributed by atoms with Gasteiger partial charge in [-0.2, -0.15) is 0 Å². The van der Waals surface area contributed by atoms with Gasteiger partial charge in [0.1, 0.15) is 12.3 Å². The van der Waals surface area contributed by atoms with Gasteiger partial charge in [-0.15, -0.1) is 0 Å². The summed E-state index contributed by atoms with van der Waals surface area (Å²) in [6, 6.07) is 4.32. The summed E-state index contributed by atoms with van der Waals surface area (Å²) in [5.74, 6) is -0.434. The van der Waals surface area contributed by atoms with E-state index in [0.717, 1.165) is 11.3 Å². The van der Waals surface area contributed by atoms with Crippen LogP contribution in [0.1, 0.15) is 6.42 Å². The third kappa shape index (κ3) is 2.14. The first-order chi connectivity index (χ1) is 12.5. The molecule has 3 fully saturated rings. The second-order valence-electron chi connectivity index (χ2n) is 7.63. The van der Waals surface area contributed by atoms with Gasteiger partial charge in [-0.25, -0.2) is 0 Å². The number of carbonyl (C=O) groups excluding carboxylic acids is 3. The van der Waals surface area contributed by atoms with Crippen molar-refractivity contribution in [3.63, 3.8) is 0 Å². The van der Waals surface area contributed by atoms with Gasteiger partial charge in [-0.05, 0) is 42.2 Å². The van der Waals surface area contributed by atoms with Crippen LogP contribution in [0.3, 0.4) is 0 Å². The topological polar surface area (TPSA) is 86.7 Å². The summed E-state index contributed by atoms with van der Waals surface area (Å²) in [5, 5.41) is 12.7. The molecular formula is C19H17ClN2O4. The van der Waals surface area contributed by atoms with Gasteiger partial charge in [0, 0.05) is 11.1 Å². The number of rotatable bonds is 3. The minimum Gasteiger partial charge on any atom is -0.506 e. The van der Waals surface area contributed by atoms with Crippen LogP contribution >= 0.6 is 11.6 Å². The Morgan fingerprint density at radius 2 is 1.77 bits per heavy atom. The minimum absolute atomic E-state index is 0.139. The van der Waals surface area contributed by atoms with Crippen molar-refractivity contribution in [3.05, 3.63) is 35.4 Å². The summed E-state index contributed by atoms with van der Waals surface area (Å²) in [5.41, 5.74) is 0.193. The summed E-state index contributed by atoms with van der Waals surface area (Å²) < 4.78 is 0. The molecule has 3 amide bonds. The Labute approximate surface area is 154 Å². The van der Waals surface area contributed by atoms with Crippen molar-refractivity contribution in [2.24, 2.45) is 35.5 Å². The van der Waals surface area contributed by atoms with Gasteiger partial charge in [-0.1, -0.05) is 23.8 Å². The molecule has 2 bridgehead atoms. The highest BCUT2D eigenvalue weighted by Gasteiger charge is 2.67. The highest BCUT2D eigenvalue weighted by molar-refractivity contribution is 6.30. The Morgan fingerprint density at radius 1 is 1.15 bits per heavy atom. The van der Waals surface area contributed by atoms with Gasteiger partial charge >= 0.3 is 0 Å². The van der Waals surface area contributed by atoms with Crippen molar-refractivity contribution in [2.45, 2.75) is 6.42 Å². The number of aromatic hydroxyl groups is 1. The van der Waals surface area contributed by atoms with E-state index in [4.69, 9.17) is 11.6 Å². The number of imide groups is 1. The molecule has 0 radical (unpaired) electrons. The molecule has 134 valence electrons. The molecule has 7 heteroatoms. The van der Waals surface area contributed by atoms with Crippen LogP contribution in [0.4, 0.5) is 5.69 Å². The molecule has 1 aliphatic heterocycles. The lowest BCUT2D eigenvalue weighted by atomic mass is 9.63. The van der Waals surface area contributed by atoms with E-state index in [-0.39, 0.29) is 53.5 Å². The van der Waals surface area contributed by atoms with Gasteiger partial charge in [0.25, 0.3) is 0 Å². The van der Waals surface area contributed by atoms with Gasteiger partial charge in [0.15, 0.2) is 0 Å². The smallest absolute Gasteiger partial charge is 0.244 e. The average molecular weight is 373 g/mol. The number of nitrogens with one attached hydrogen (secondary N) is 1. The Hall–Kier alpha value is -2.34. The zero-order valence-electron chi connectivity index (χ0n) is 13.8. The van der Waals surface area contributed by atoms with Gasteiger partial charge in [0.2, 0.25) is 17.7 Å². The number of amides is 3. The molecule has 6 atom stereocenters. The van der Waals surface area contributed by atoms with E-state index in [0.29, 0.717) is 16.9 Å². The van der Waals surface area contributed by atoms with Crippen LogP contribution in [0.5, 0.6) is 5.75 Å². The van der Waals surface area contributed by atoms with Crippen LogP contribution in [0.2, 0.25) is 5.02 Å². The van der Waals surface area contributed by atoms with E-state index in [1.54, 1.807) is 0 Å².